The molecule has 1 amide bonds. The topological polar surface area (TPSA) is 66.5 Å². The summed E-state index contributed by atoms with van der Waals surface area (Å²) >= 11 is 6.12. The number of nitrogens with zero attached hydrogens (tertiary/aromatic N) is 1. The van der Waals surface area contributed by atoms with Crippen molar-refractivity contribution < 1.29 is 13.2 Å². The average Bonchev–Trinajstić information content (AvgIpc) is 2.55. The lowest BCUT2D eigenvalue weighted by atomic mass is 10.1. The molecule has 0 saturated carbocycles. The van der Waals surface area contributed by atoms with Crippen molar-refractivity contribution in [2.24, 2.45) is 5.92 Å². The number of rotatable bonds is 5. The maximum atomic E-state index is 12.8. The van der Waals surface area contributed by atoms with Gasteiger partial charge < -0.3 is 5.32 Å². The van der Waals surface area contributed by atoms with E-state index in [0.717, 1.165) is 19.3 Å². The van der Waals surface area contributed by atoms with Crippen LogP contribution in [0.25, 0.3) is 0 Å². The third kappa shape index (κ3) is 4.29. The quantitative estimate of drug-likeness (QED) is 0.862. The second-order valence-electron chi connectivity index (χ2n) is 6.61. The molecule has 0 bridgehead atoms. The van der Waals surface area contributed by atoms with Gasteiger partial charge in [-0.2, -0.15) is 4.31 Å². The molecule has 134 valence electrons. The van der Waals surface area contributed by atoms with Crippen molar-refractivity contribution in [1.29, 1.82) is 0 Å². The predicted molar refractivity (Wildman–Crippen MR) is 95.8 cm³/mol. The summed E-state index contributed by atoms with van der Waals surface area (Å²) in [6.07, 6.45) is 2.78. The summed E-state index contributed by atoms with van der Waals surface area (Å²) < 4.78 is 27.0. The van der Waals surface area contributed by atoms with Gasteiger partial charge in [-0.3, -0.25) is 4.79 Å². The Bertz CT molecular complexity index is 698. The minimum atomic E-state index is -3.58. The summed E-state index contributed by atoms with van der Waals surface area (Å²) in [5.41, 5.74) is 0.197. The summed E-state index contributed by atoms with van der Waals surface area (Å²) in [6, 6.07) is 4.30. The van der Waals surface area contributed by atoms with Gasteiger partial charge in [-0.15, -0.1) is 0 Å². The highest BCUT2D eigenvalue weighted by atomic mass is 35.5. The molecule has 1 aromatic carbocycles. The van der Waals surface area contributed by atoms with Crippen molar-refractivity contribution in [3.8, 4) is 0 Å². The zero-order valence-corrected chi connectivity index (χ0v) is 16.0. The van der Waals surface area contributed by atoms with E-state index in [4.69, 9.17) is 11.6 Å². The molecule has 1 aliphatic rings. The molecule has 2 rings (SSSR count). The Kier molecular flexibility index (Phi) is 6.28. The number of benzene rings is 1. The van der Waals surface area contributed by atoms with E-state index in [1.165, 1.54) is 22.5 Å². The number of nitrogens with one attached hydrogen (secondary N) is 1. The van der Waals surface area contributed by atoms with Crippen molar-refractivity contribution in [2.45, 2.75) is 51.0 Å². The highest BCUT2D eigenvalue weighted by Gasteiger charge is 2.27. The smallest absolute Gasteiger partial charge is 0.253 e. The minimum absolute atomic E-state index is 0.0316. The van der Waals surface area contributed by atoms with E-state index >= 15 is 0 Å². The average molecular weight is 373 g/mol. The van der Waals surface area contributed by atoms with Crippen LogP contribution in [0.15, 0.2) is 23.1 Å². The van der Waals surface area contributed by atoms with E-state index in [2.05, 4.69) is 5.32 Å². The van der Waals surface area contributed by atoms with Gasteiger partial charge in [-0.05, 0) is 43.9 Å². The molecule has 1 N–H and O–H groups in total. The molecule has 24 heavy (non-hydrogen) atoms. The summed E-state index contributed by atoms with van der Waals surface area (Å²) in [5, 5.41) is 3.11. The fraction of sp³-hybridized carbons (Fsp3) is 0.588. The Hall–Kier alpha value is -1.11. The maximum absolute atomic E-state index is 12.8. The lowest BCUT2D eigenvalue weighted by Gasteiger charge is -2.26. The van der Waals surface area contributed by atoms with Gasteiger partial charge in [0.05, 0.1) is 15.5 Å². The molecule has 1 aliphatic heterocycles. The molecular formula is C17H25ClN2O3S. The molecule has 1 aromatic rings. The normalized spacial score (nSPS) is 17.7. The van der Waals surface area contributed by atoms with Gasteiger partial charge in [0.25, 0.3) is 5.91 Å². The standard InChI is InChI=1S/C17H25ClN2O3S/c1-12(2)13(3)19-17(21)15-11-14(7-8-16(15)18)24(22,23)20-9-5-4-6-10-20/h7-8,11-13H,4-6,9-10H2,1-3H3,(H,19,21). The fourth-order valence-corrected chi connectivity index (χ4v) is 4.29. The Labute approximate surface area is 149 Å². The Morgan fingerprint density at radius 3 is 2.38 bits per heavy atom. The number of hydrogen-bond donors (Lipinski definition) is 1. The molecule has 1 atom stereocenters. The number of hydrogen-bond acceptors (Lipinski definition) is 3. The van der Waals surface area contributed by atoms with Gasteiger partial charge in [0.1, 0.15) is 0 Å². The van der Waals surface area contributed by atoms with Crippen molar-refractivity contribution in [3.63, 3.8) is 0 Å². The van der Waals surface area contributed by atoms with E-state index in [-0.39, 0.29) is 33.3 Å². The minimum Gasteiger partial charge on any atom is -0.349 e. The van der Waals surface area contributed by atoms with Crippen LogP contribution in [0.5, 0.6) is 0 Å². The van der Waals surface area contributed by atoms with E-state index in [9.17, 15) is 13.2 Å². The van der Waals surface area contributed by atoms with Crippen molar-refractivity contribution in [3.05, 3.63) is 28.8 Å². The van der Waals surface area contributed by atoms with Crippen LogP contribution in [0.2, 0.25) is 5.02 Å². The monoisotopic (exact) mass is 372 g/mol. The van der Waals surface area contributed by atoms with Gasteiger partial charge in [-0.25, -0.2) is 8.42 Å². The van der Waals surface area contributed by atoms with Crippen LogP contribution in [0, 0.1) is 5.92 Å². The van der Waals surface area contributed by atoms with Crippen LogP contribution < -0.4 is 5.32 Å². The molecule has 7 heteroatoms. The van der Waals surface area contributed by atoms with E-state index < -0.39 is 10.0 Å². The molecule has 5 nitrogen and oxygen atoms in total. The highest BCUT2D eigenvalue weighted by molar-refractivity contribution is 7.89. The molecule has 1 fully saturated rings. The zero-order valence-electron chi connectivity index (χ0n) is 14.4. The summed E-state index contributed by atoms with van der Waals surface area (Å²) in [4.78, 5) is 12.6. The van der Waals surface area contributed by atoms with Gasteiger partial charge in [-0.1, -0.05) is 31.9 Å². The molecule has 1 heterocycles. The zero-order chi connectivity index (χ0) is 17.9. The van der Waals surface area contributed by atoms with Crippen LogP contribution in [-0.4, -0.2) is 37.8 Å². The van der Waals surface area contributed by atoms with E-state index in [1.807, 2.05) is 20.8 Å². The number of piperidine rings is 1. The van der Waals surface area contributed by atoms with Crippen LogP contribution in [0.4, 0.5) is 0 Å². The Morgan fingerprint density at radius 1 is 1.17 bits per heavy atom. The van der Waals surface area contributed by atoms with Crippen LogP contribution in [-0.2, 0) is 10.0 Å². The SMILES string of the molecule is CC(C)C(C)NC(=O)c1cc(S(=O)(=O)N2CCCCC2)ccc1Cl. The summed E-state index contributed by atoms with van der Waals surface area (Å²) in [5.74, 6) is -0.0788. The summed E-state index contributed by atoms with van der Waals surface area (Å²) in [6.45, 7) is 6.96. The van der Waals surface area contributed by atoms with Gasteiger partial charge in [0.15, 0.2) is 0 Å². The molecule has 0 aromatic heterocycles. The molecule has 0 radical (unpaired) electrons. The van der Waals surface area contributed by atoms with Gasteiger partial charge in [0, 0.05) is 19.1 Å². The number of carbonyl (C=O) groups is 1. The maximum Gasteiger partial charge on any atom is 0.253 e. The third-order valence-electron chi connectivity index (χ3n) is 4.49. The number of carbonyl (C=O) groups excluding carboxylic acids is 1. The first-order valence-electron chi connectivity index (χ1n) is 8.34. The first kappa shape index (κ1) is 19.2. The van der Waals surface area contributed by atoms with Gasteiger partial charge in [0.2, 0.25) is 10.0 Å². The number of amides is 1. The van der Waals surface area contributed by atoms with Crippen LogP contribution in [0.3, 0.4) is 0 Å². The molecule has 1 unspecified atom stereocenters. The number of halogens is 1. The largest absolute Gasteiger partial charge is 0.349 e. The highest BCUT2D eigenvalue weighted by Crippen LogP contribution is 2.25. The van der Waals surface area contributed by atoms with Crippen LogP contribution >= 0.6 is 11.6 Å². The molecule has 0 aliphatic carbocycles. The lowest BCUT2D eigenvalue weighted by Crippen LogP contribution is -2.37. The molecule has 1 saturated heterocycles. The second kappa shape index (κ2) is 7.85. The van der Waals surface area contributed by atoms with Crippen molar-refractivity contribution >= 4 is 27.5 Å². The number of sulfonamides is 1. The predicted octanol–water partition coefficient (Wildman–Crippen LogP) is 3.29. The van der Waals surface area contributed by atoms with Crippen molar-refractivity contribution in [2.75, 3.05) is 13.1 Å². The Morgan fingerprint density at radius 2 is 1.79 bits per heavy atom. The van der Waals surface area contributed by atoms with Gasteiger partial charge >= 0.3 is 0 Å². The fourth-order valence-electron chi connectivity index (χ4n) is 2.54. The van der Waals surface area contributed by atoms with Crippen molar-refractivity contribution in [1.82, 2.24) is 9.62 Å². The van der Waals surface area contributed by atoms with Crippen LogP contribution in [0.1, 0.15) is 50.4 Å². The second-order valence-corrected chi connectivity index (χ2v) is 8.96. The molecule has 0 spiro atoms. The lowest BCUT2D eigenvalue weighted by molar-refractivity contribution is 0.0930. The molecular weight excluding hydrogens is 348 g/mol. The summed E-state index contributed by atoms with van der Waals surface area (Å²) in [7, 11) is -3.58. The Balaban J connectivity index is 2.29. The van der Waals surface area contributed by atoms with E-state index in [0.29, 0.717) is 13.1 Å². The first-order valence-corrected chi connectivity index (χ1v) is 10.2. The first-order chi connectivity index (χ1) is 11.2. The van der Waals surface area contributed by atoms with E-state index in [1.54, 1.807) is 0 Å². The third-order valence-corrected chi connectivity index (χ3v) is 6.72.